The van der Waals surface area contributed by atoms with Crippen LogP contribution in [-0.4, -0.2) is 24.5 Å². The largest absolute Gasteiger partial charge is 0.299 e. The molecule has 4 nitrogen and oxygen atoms in total. The fourth-order valence-electron chi connectivity index (χ4n) is 8.97. The standard InChI is InChI=1S/C27H46O4S/c1-25(2,13-7-17-32(29,30)31)15-11-19-9-10-21-24-22(12-16-27(19,21)4)26(3)14-6-5-8-20(26)18-23(24)28/h19-22,24H,5-18H2,1-4H3,(H,29,30,31). The van der Waals surface area contributed by atoms with Crippen LogP contribution in [0.2, 0.25) is 0 Å². The molecule has 0 radical (unpaired) electrons. The third-order valence-corrected chi connectivity index (χ3v) is 11.8. The predicted molar refractivity (Wildman–Crippen MR) is 129 cm³/mol. The first-order valence-electron chi connectivity index (χ1n) is 13.3. The van der Waals surface area contributed by atoms with E-state index in [1.165, 1.54) is 57.8 Å². The molecule has 32 heavy (non-hydrogen) atoms. The second kappa shape index (κ2) is 8.66. The van der Waals surface area contributed by atoms with Gasteiger partial charge in [0.1, 0.15) is 5.78 Å². The van der Waals surface area contributed by atoms with Crippen molar-refractivity contribution in [2.45, 2.75) is 111 Å². The number of Topliss-reactive ketones (excluding diaryl/α,β-unsaturated/α-hetero) is 1. The minimum atomic E-state index is -3.86. The molecular weight excluding hydrogens is 420 g/mol. The molecule has 4 saturated carbocycles. The highest BCUT2D eigenvalue weighted by atomic mass is 32.2. The van der Waals surface area contributed by atoms with Crippen LogP contribution in [0.5, 0.6) is 0 Å². The lowest BCUT2D eigenvalue weighted by Gasteiger charge is -2.59. The molecule has 0 aliphatic heterocycles. The highest BCUT2D eigenvalue weighted by molar-refractivity contribution is 7.85. The number of fused-ring (bicyclic) bond motifs is 5. The van der Waals surface area contributed by atoms with E-state index in [-0.39, 0.29) is 11.2 Å². The molecule has 0 aromatic heterocycles. The highest BCUT2D eigenvalue weighted by Gasteiger charge is 2.61. The van der Waals surface area contributed by atoms with Crippen LogP contribution >= 0.6 is 0 Å². The molecule has 0 amide bonds. The van der Waals surface area contributed by atoms with Crippen molar-refractivity contribution in [3.8, 4) is 0 Å². The highest BCUT2D eigenvalue weighted by Crippen LogP contribution is 2.67. The molecule has 4 aliphatic rings. The summed E-state index contributed by atoms with van der Waals surface area (Å²) in [6.07, 6.45) is 14.7. The topological polar surface area (TPSA) is 71.4 Å². The van der Waals surface area contributed by atoms with Gasteiger partial charge in [-0.25, -0.2) is 0 Å². The van der Waals surface area contributed by atoms with Gasteiger partial charge in [-0.3, -0.25) is 9.35 Å². The van der Waals surface area contributed by atoms with Crippen LogP contribution in [0.4, 0.5) is 0 Å². The molecule has 0 aromatic rings. The third kappa shape index (κ3) is 4.59. The van der Waals surface area contributed by atoms with Crippen LogP contribution in [0.15, 0.2) is 0 Å². The maximum Gasteiger partial charge on any atom is 0.264 e. The zero-order chi connectivity index (χ0) is 23.4. The second-order valence-corrected chi connectivity index (χ2v) is 14.8. The molecule has 4 aliphatic carbocycles. The number of rotatable bonds is 7. The Hall–Kier alpha value is -0.420. The minimum Gasteiger partial charge on any atom is -0.299 e. The molecule has 1 N–H and O–H groups in total. The lowest BCUT2D eigenvalue weighted by atomic mass is 9.44. The molecule has 4 fully saturated rings. The molecule has 0 saturated heterocycles. The van der Waals surface area contributed by atoms with Gasteiger partial charge >= 0.3 is 0 Å². The van der Waals surface area contributed by atoms with E-state index in [4.69, 9.17) is 4.55 Å². The summed E-state index contributed by atoms with van der Waals surface area (Å²) < 4.78 is 31.2. The molecular formula is C27H46O4S. The smallest absolute Gasteiger partial charge is 0.264 e. The predicted octanol–water partition coefficient (Wildman–Crippen LogP) is 6.69. The molecule has 7 unspecified atom stereocenters. The molecule has 5 heteroatoms. The molecule has 4 rings (SSSR count). The summed E-state index contributed by atoms with van der Waals surface area (Å²) >= 11 is 0. The Morgan fingerprint density at radius 2 is 1.69 bits per heavy atom. The van der Waals surface area contributed by atoms with Gasteiger partial charge < -0.3 is 0 Å². The Bertz CT molecular complexity index is 818. The summed E-state index contributed by atoms with van der Waals surface area (Å²) in [6, 6.07) is 0. The first-order chi connectivity index (χ1) is 14.9. The Morgan fingerprint density at radius 1 is 0.969 bits per heavy atom. The first kappa shape index (κ1) is 24.7. The minimum absolute atomic E-state index is 0.0831. The van der Waals surface area contributed by atoms with Crippen molar-refractivity contribution in [2.75, 3.05) is 5.75 Å². The molecule has 184 valence electrons. The van der Waals surface area contributed by atoms with Crippen LogP contribution in [0.3, 0.4) is 0 Å². The molecule has 0 aromatic carbocycles. The summed E-state index contributed by atoms with van der Waals surface area (Å²) in [6.45, 7) is 9.50. The van der Waals surface area contributed by atoms with Crippen LogP contribution in [0, 0.1) is 45.8 Å². The molecule has 7 atom stereocenters. The maximum atomic E-state index is 13.5. The fourth-order valence-corrected chi connectivity index (χ4v) is 9.48. The van der Waals surface area contributed by atoms with E-state index >= 15 is 0 Å². The quantitative estimate of drug-likeness (QED) is 0.424. The van der Waals surface area contributed by atoms with E-state index in [0.29, 0.717) is 52.6 Å². The van der Waals surface area contributed by atoms with Crippen molar-refractivity contribution in [1.82, 2.24) is 0 Å². The van der Waals surface area contributed by atoms with Crippen LogP contribution in [0.25, 0.3) is 0 Å². The number of carbonyl (C=O) groups is 1. The van der Waals surface area contributed by atoms with E-state index in [1.54, 1.807) is 0 Å². The number of ketones is 1. The normalized spacial score (nSPS) is 42.3. The summed E-state index contributed by atoms with van der Waals surface area (Å²) in [4.78, 5) is 13.5. The van der Waals surface area contributed by atoms with Crippen molar-refractivity contribution in [1.29, 1.82) is 0 Å². The Balaban J connectivity index is 1.42. The lowest BCUT2D eigenvalue weighted by molar-refractivity contribution is -0.155. The summed E-state index contributed by atoms with van der Waals surface area (Å²) in [5.41, 5.74) is 0.768. The van der Waals surface area contributed by atoms with Crippen LogP contribution < -0.4 is 0 Å². The van der Waals surface area contributed by atoms with Crippen molar-refractivity contribution in [3.05, 3.63) is 0 Å². The lowest BCUT2D eigenvalue weighted by Crippen LogP contribution is -2.56. The Kier molecular flexibility index (Phi) is 6.68. The number of hydrogen-bond donors (Lipinski definition) is 1. The van der Waals surface area contributed by atoms with Gasteiger partial charge in [0.05, 0.1) is 5.75 Å². The average molecular weight is 467 g/mol. The average Bonchev–Trinajstić information content (AvgIpc) is 3.02. The van der Waals surface area contributed by atoms with Crippen molar-refractivity contribution in [3.63, 3.8) is 0 Å². The molecule has 0 bridgehead atoms. The van der Waals surface area contributed by atoms with E-state index in [1.807, 2.05) is 0 Å². The van der Waals surface area contributed by atoms with E-state index in [0.717, 1.165) is 19.3 Å². The van der Waals surface area contributed by atoms with Gasteiger partial charge in [0, 0.05) is 12.3 Å². The summed E-state index contributed by atoms with van der Waals surface area (Å²) in [5.74, 6) is 3.27. The van der Waals surface area contributed by atoms with Gasteiger partial charge in [0.15, 0.2) is 0 Å². The van der Waals surface area contributed by atoms with Crippen LogP contribution in [0.1, 0.15) is 111 Å². The fraction of sp³-hybridized carbons (Fsp3) is 0.963. The second-order valence-electron chi connectivity index (χ2n) is 13.3. The van der Waals surface area contributed by atoms with Gasteiger partial charge in [-0.2, -0.15) is 8.42 Å². The van der Waals surface area contributed by atoms with Crippen molar-refractivity contribution >= 4 is 15.9 Å². The number of carbonyl (C=O) groups excluding carboxylic acids is 1. The van der Waals surface area contributed by atoms with E-state index in [2.05, 4.69) is 27.7 Å². The zero-order valence-electron chi connectivity index (χ0n) is 20.9. The Morgan fingerprint density at radius 3 is 2.41 bits per heavy atom. The Labute approximate surface area is 196 Å². The summed E-state index contributed by atoms with van der Waals surface area (Å²) in [7, 11) is -3.86. The van der Waals surface area contributed by atoms with Gasteiger partial charge in [0.2, 0.25) is 0 Å². The summed E-state index contributed by atoms with van der Waals surface area (Å²) in [5, 5.41) is 0. The SMILES string of the molecule is CC(C)(CCCS(=O)(=O)O)CCC1CCC2C3C(=O)CC4CCCCC4(C)C3CCC12C. The van der Waals surface area contributed by atoms with Gasteiger partial charge in [0.25, 0.3) is 10.1 Å². The molecule has 0 heterocycles. The van der Waals surface area contributed by atoms with Crippen molar-refractivity contribution in [2.24, 2.45) is 45.8 Å². The third-order valence-electron chi connectivity index (χ3n) is 11.0. The van der Waals surface area contributed by atoms with Crippen molar-refractivity contribution < 1.29 is 17.8 Å². The van der Waals surface area contributed by atoms with Gasteiger partial charge in [-0.15, -0.1) is 0 Å². The van der Waals surface area contributed by atoms with Crippen LogP contribution in [-0.2, 0) is 14.9 Å². The zero-order valence-corrected chi connectivity index (χ0v) is 21.7. The molecule has 0 spiro atoms. The first-order valence-corrected chi connectivity index (χ1v) is 14.9. The number of hydrogen-bond acceptors (Lipinski definition) is 3. The maximum absolute atomic E-state index is 13.5. The van der Waals surface area contributed by atoms with E-state index < -0.39 is 10.1 Å². The monoisotopic (exact) mass is 466 g/mol. The van der Waals surface area contributed by atoms with Gasteiger partial charge in [-0.1, -0.05) is 40.5 Å². The van der Waals surface area contributed by atoms with Gasteiger partial charge in [-0.05, 0) is 104 Å². The van der Waals surface area contributed by atoms with E-state index in [9.17, 15) is 13.2 Å².